The van der Waals surface area contributed by atoms with Gasteiger partial charge >= 0.3 is 0 Å². The molecule has 8 aromatic rings. The standard InChI is InChI=1S/4C13H10N2O4S/c4*16-14(17)11-3-1-10(2-4-11)9-20-13-7-5-12(6-8-13)15(18)19/h4*1-8H,9H2. The van der Waals surface area contributed by atoms with Gasteiger partial charge in [0.25, 0.3) is 45.5 Å². The number of nitro benzene ring substituents is 8. The van der Waals surface area contributed by atoms with Crippen LogP contribution in [0.4, 0.5) is 45.5 Å². The van der Waals surface area contributed by atoms with E-state index in [-0.39, 0.29) is 45.5 Å². The summed E-state index contributed by atoms with van der Waals surface area (Å²) in [5.41, 5.74) is 4.32. The topological polar surface area (TPSA) is 345 Å². The summed E-state index contributed by atoms with van der Waals surface area (Å²) in [5.74, 6) is 2.59. The first kappa shape index (κ1) is 61.2. The zero-order valence-corrected chi connectivity index (χ0v) is 44.3. The third-order valence-corrected chi connectivity index (χ3v) is 14.7. The van der Waals surface area contributed by atoms with E-state index in [0.29, 0.717) is 23.0 Å². The lowest BCUT2D eigenvalue weighted by Gasteiger charge is -2.02. The largest absolute Gasteiger partial charge is 0.269 e. The summed E-state index contributed by atoms with van der Waals surface area (Å²) in [6.45, 7) is 0. The van der Waals surface area contributed by atoms with Crippen molar-refractivity contribution in [3.05, 3.63) is 297 Å². The van der Waals surface area contributed by atoms with Gasteiger partial charge in [0.1, 0.15) is 0 Å². The summed E-state index contributed by atoms with van der Waals surface area (Å²) in [6, 6.07) is 50.5. The molecule has 0 heterocycles. The Labute approximate surface area is 469 Å². The van der Waals surface area contributed by atoms with Gasteiger partial charge < -0.3 is 0 Å². The number of non-ortho nitro benzene ring substituents is 8. The third kappa shape index (κ3) is 20.7. The monoisotopic (exact) mass is 1160 g/mol. The van der Waals surface area contributed by atoms with Crippen LogP contribution >= 0.6 is 47.0 Å². The molecule has 0 bridgehead atoms. The summed E-state index contributed by atoms with van der Waals surface area (Å²) in [4.78, 5) is 84.3. The average Bonchev–Trinajstić information content (AvgIpc) is 3.46. The van der Waals surface area contributed by atoms with Crippen LogP contribution in [0.3, 0.4) is 0 Å². The van der Waals surface area contributed by atoms with E-state index in [0.717, 1.165) is 41.8 Å². The van der Waals surface area contributed by atoms with E-state index in [4.69, 9.17) is 0 Å². The second kappa shape index (κ2) is 30.9. The lowest BCUT2D eigenvalue weighted by molar-refractivity contribution is -0.385. The van der Waals surface area contributed by atoms with Gasteiger partial charge in [-0.25, -0.2) is 0 Å². The molecule has 8 rings (SSSR count). The van der Waals surface area contributed by atoms with Gasteiger partial charge in [-0.2, -0.15) is 0 Å². The Hall–Kier alpha value is -9.64. The number of benzene rings is 8. The van der Waals surface area contributed by atoms with Crippen molar-refractivity contribution in [3.8, 4) is 0 Å². The van der Waals surface area contributed by atoms with Crippen LogP contribution in [0.25, 0.3) is 0 Å². The fraction of sp³-hybridized carbons (Fsp3) is 0.0769. The van der Waals surface area contributed by atoms with E-state index in [1.807, 2.05) is 0 Å². The highest BCUT2D eigenvalue weighted by Crippen LogP contribution is 2.30. The van der Waals surface area contributed by atoms with Crippen molar-refractivity contribution in [1.29, 1.82) is 0 Å². The Morgan fingerprint density at radius 2 is 0.312 bits per heavy atom. The van der Waals surface area contributed by atoms with Crippen LogP contribution < -0.4 is 0 Å². The molecule has 8 aromatic carbocycles. The van der Waals surface area contributed by atoms with Crippen LogP contribution in [0, 0.1) is 80.9 Å². The van der Waals surface area contributed by atoms with E-state index in [1.54, 1.807) is 97.1 Å². The fourth-order valence-corrected chi connectivity index (χ4v) is 9.60. The third-order valence-electron chi connectivity index (χ3n) is 10.4. The van der Waals surface area contributed by atoms with Crippen LogP contribution in [-0.2, 0) is 23.0 Å². The maximum absolute atomic E-state index is 10.5. The molecule has 0 aliphatic heterocycles. The molecule has 0 N–H and O–H groups in total. The second-order valence-corrected chi connectivity index (χ2v) is 20.0. The van der Waals surface area contributed by atoms with Crippen molar-refractivity contribution in [1.82, 2.24) is 0 Å². The molecule has 0 radical (unpaired) electrons. The van der Waals surface area contributed by atoms with Gasteiger partial charge in [-0.3, -0.25) is 80.9 Å². The number of nitro groups is 8. The van der Waals surface area contributed by atoms with Crippen molar-refractivity contribution in [2.45, 2.75) is 42.6 Å². The lowest BCUT2D eigenvalue weighted by atomic mass is 10.2. The van der Waals surface area contributed by atoms with E-state index < -0.39 is 39.4 Å². The zero-order chi connectivity index (χ0) is 58.1. The van der Waals surface area contributed by atoms with Gasteiger partial charge in [0.15, 0.2) is 0 Å². The molecule has 0 unspecified atom stereocenters. The molecular formula is C52H40N8O16S4. The minimum atomic E-state index is -0.440. The highest BCUT2D eigenvalue weighted by Gasteiger charge is 2.11. The highest BCUT2D eigenvalue weighted by atomic mass is 32.2. The van der Waals surface area contributed by atoms with E-state index >= 15 is 0 Å². The Balaban J connectivity index is 0.000000196. The Morgan fingerprint density at radius 3 is 0.425 bits per heavy atom. The molecule has 0 saturated heterocycles. The summed E-state index contributed by atoms with van der Waals surface area (Å²) in [6.07, 6.45) is 0. The smallest absolute Gasteiger partial charge is 0.258 e. The second-order valence-electron chi connectivity index (χ2n) is 15.9. The van der Waals surface area contributed by atoms with Crippen molar-refractivity contribution in [3.63, 3.8) is 0 Å². The van der Waals surface area contributed by atoms with E-state index in [2.05, 4.69) is 0 Å². The molecular weight excluding hydrogens is 1120 g/mol. The van der Waals surface area contributed by atoms with Crippen molar-refractivity contribution in [2.24, 2.45) is 0 Å². The Morgan fingerprint density at radius 1 is 0.200 bits per heavy atom. The number of hydrogen-bond acceptors (Lipinski definition) is 20. The van der Waals surface area contributed by atoms with Crippen LogP contribution in [0.5, 0.6) is 0 Å². The van der Waals surface area contributed by atoms with Crippen molar-refractivity contribution < 1.29 is 39.4 Å². The first-order chi connectivity index (χ1) is 38.2. The highest BCUT2D eigenvalue weighted by molar-refractivity contribution is 7.99. The average molecular weight is 1160 g/mol. The van der Waals surface area contributed by atoms with Gasteiger partial charge in [0, 0.05) is 140 Å². The molecule has 0 aliphatic rings. The van der Waals surface area contributed by atoms with E-state index in [9.17, 15) is 80.9 Å². The first-order valence-electron chi connectivity index (χ1n) is 22.7. The number of nitrogens with zero attached hydrogens (tertiary/aromatic N) is 8. The lowest BCUT2D eigenvalue weighted by Crippen LogP contribution is -1.88. The maximum Gasteiger partial charge on any atom is 0.269 e. The molecule has 0 aliphatic carbocycles. The van der Waals surface area contributed by atoms with E-state index in [1.165, 1.54) is 144 Å². The molecule has 0 aromatic heterocycles. The molecule has 0 atom stereocenters. The van der Waals surface area contributed by atoms with Crippen LogP contribution in [0.1, 0.15) is 22.3 Å². The SMILES string of the molecule is O=[N+]([O-])c1ccc(CSc2ccc([N+](=O)[O-])cc2)cc1.O=[N+]([O-])c1ccc(CSc2ccc([N+](=O)[O-])cc2)cc1.O=[N+]([O-])c1ccc(CSc2ccc([N+](=O)[O-])cc2)cc1.O=[N+]([O-])c1ccc(CSc2ccc([N+](=O)[O-])cc2)cc1. The van der Waals surface area contributed by atoms with Crippen molar-refractivity contribution in [2.75, 3.05) is 0 Å². The maximum atomic E-state index is 10.5. The number of hydrogen-bond donors (Lipinski definition) is 0. The first-order valence-corrected chi connectivity index (χ1v) is 26.6. The molecule has 408 valence electrons. The van der Waals surface area contributed by atoms with Gasteiger partial charge in [-0.05, 0) is 70.8 Å². The molecule has 80 heavy (non-hydrogen) atoms. The minimum Gasteiger partial charge on any atom is -0.258 e. The quantitative estimate of drug-likeness (QED) is 0.0388. The predicted octanol–water partition coefficient (Wildman–Crippen LogP) is 15.2. The molecule has 0 saturated carbocycles. The van der Waals surface area contributed by atoms with Crippen LogP contribution in [0.2, 0.25) is 0 Å². The molecule has 24 nitrogen and oxygen atoms in total. The van der Waals surface area contributed by atoms with Crippen LogP contribution in [-0.4, -0.2) is 39.4 Å². The fourth-order valence-electron chi connectivity index (χ4n) is 6.18. The summed E-state index contributed by atoms with van der Waals surface area (Å²) in [5, 5.41) is 84.2. The van der Waals surface area contributed by atoms with Crippen LogP contribution in [0.15, 0.2) is 214 Å². The summed E-state index contributed by atoms with van der Waals surface area (Å²) >= 11 is 6.06. The molecule has 0 fully saturated rings. The molecule has 28 heteroatoms. The summed E-state index contributed by atoms with van der Waals surface area (Å²) in [7, 11) is 0. The van der Waals surface area contributed by atoms with Gasteiger partial charge in [-0.15, -0.1) is 47.0 Å². The zero-order valence-electron chi connectivity index (χ0n) is 41.0. The van der Waals surface area contributed by atoms with Gasteiger partial charge in [-0.1, -0.05) is 48.5 Å². The summed E-state index contributed by atoms with van der Waals surface area (Å²) < 4.78 is 0. The number of thioether (sulfide) groups is 4. The normalized spacial score (nSPS) is 10.2. The Bertz CT molecular complexity index is 2730. The van der Waals surface area contributed by atoms with Gasteiger partial charge in [0.05, 0.1) is 39.4 Å². The Kier molecular flexibility index (Phi) is 23.7. The molecule has 0 amide bonds. The minimum absolute atomic E-state index is 0.0599. The molecule has 0 spiro atoms. The van der Waals surface area contributed by atoms with Crippen molar-refractivity contribution >= 4 is 92.5 Å². The predicted molar refractivity (Wildman–Crippen MR) is 303 cm³/mol. The van der Waals surface area contributed by atoms with Gasteiger partial charge in [0.2, 0.25) is 0 Å². The number of rotatable bonds is 20.